The monoisotopic (exact) mass is 311 g/mol. The van der Waals surface area contributed by atoms with E-state index in [1.807, 2.05) is 6.07 Å². The van der Waals surface area contributed by atoms with E-state index in [1.54, 1.807) is 24.3 Å². The molecular weight excluding hydrogens is 297 g/mol. The lowest BCUT2D eigenvalue weighted by Gasteiger charge is -2.15. The Bertz CT molecular complexity index is 766. The maximum absolute atomic E-state index is 12.9. The van der Waals surface area contributed by atoms with Crippen LogP contribution in [-0.4, -0.2) is 17.9 Å². The van der Waals surface area contributed by atoms with Crippen LogP contribution >= 0.6 is 0 Å². The van der Waals surface area contributed by atoms with Crippen molar-refractivity contribution >= 4 is 11.8 Å². The number of nitrogens with two attached hydrogens (primary N) is 1. The fraction of sp³-hybridized carbons (Fsp3) is 0.118. The van der Waals surface area contributed by atoms with Crippen LogP contribution in [-0.2, 0) is 11.2 Å². The predicted octanol–water partition coefficient (Wildman–Crippen LogP) is 1.52. The summed E-state index contributed by atoms with van der Waals surface area (Å²) in [6.45, 7) is 0. The minimum atomic E-state index is -0.929. The summed E-state index contributed by atoms with van der Waals surface area (Å²) in [6.07, 6.45) is 0.164. The molecule has 0 unspecified atom stereocenters. The number of nitrogens with one attached hydrogen (secondary N) is 1. The molecule has 0 heterocycles. The van der Waals surface area contributed by atoms with Crippen molar-refractivity contribution in [3.8, 4) is 6.07 Å². The number of carbonyl (C=O) groups excluding carboxylic acids is 2. The molecule has 116 valence electrons. The lowest BCUT2D eigenvalue weighted by molar-refractivity contribution is -0.119. The Morgan fingerprint density at radius 1 is 1.22 bits per heavy atom. The van der Waals surface area contributed by atoms with Gasteiger partial charge < -0.3 is 11.1 Å². The highest BCUT2D eigenvalue weighted by Gasteiger charge is 2.19. The van der Waals surface area contributed by atoms with Crippen molar-refractivity contribution in [2.75, 3.05) is 0 Å². The molecule has 0 spiro atoms. The fourth-order valence-corrected chi connectivity index (χ4v) is 2.07. The summed E-state index contributed by atoms with van der Waals surface area (Å²) >= 11 is 0. The second-order valence-corrected chi connectivity index (χ2v) is 4.95. The van der Waals surface area contributed by atoms with Crippen LogP contribution in [0.25, 0.3) is 0 Å². The molecule has 1 atom stereocenters. The molecule has 0 fully saturated rings. The number of hydrogen-bond acceptors (Lipinski definition) is 3. The van der Waals surface area contributed by atoms with Crippen LogP contribution < -0.4 is 11.1 Å². The summed E-state index contributed by atoms with van der Waals surface area (Å²) in [5, 5.41) is 11.4. The summed E-state index contributed by atoms with van der Waals surface area (Å²) in [4.78, 5) is 23.7. The van der Waals surface area contributed by atoms with Gasteiger partial charge in [-0.25, -0.2) is 4.39 Å². The van der Waals surface area contributed by atoms with Gasteiger partial charge >= 0.3 is 0 Å². The first-order valence-corrected chi connectivity index (χ1v) is 6.84. The van der Waals surface area contributed by atoms with E-state index in [-0.39, 0.29) is 12.0 Å². The summed E-state index contributed by atoms with van der Waals surface area (Å²) < 4.78 is 12.9. The van der Waals surface area contributed by atoms with Gasteiger partial charge in [0.25, 0.3) is 5.91 Å². The third kappa shape index (κ3) is 4.38. The van der Waals surface area contributed by atoms with Crippen molar-refractivity contribution in [2.45, 2.75) is 12.5 Å². The van der Waals surface area contributed by atoms with E-state index in [9.17, 15) is 14.0 Å². The minimum Gasteiger partial charge on any atom is -0.368 e. The lowest BCUT2D eigenvalue weighted by atomic mass is 10.0. The van der Waals surface area contributed by atoms with Crippen LogP contribution in [0.15, 0.2) is 48.5 Å². The molecule has 5 nitrogen and oxygen atoms in total. The zero-order valence-corrected chi connectivity index (χ0v) is 12.1. The molecule has 0 aliphatic rings. The first-order valence-electron chi connectivity index (χ1n) is 6.84. The van der Waals surface area contributed by atoms with Gasteiger partial charge in [-0.2, -0.15) is 5.26 Å². The topological polar surface area (TPSA) is 96.0 Å². The van der Waals surface area contributed by atoms with Crippen molar-refractivity contribution in [1.29, 1.82) is 5.26 Å². The van der Waals surface area contributed by atoms with Gasteiger partial charge in [0.15, 0.2) is 0 Å². The van der Waals surface area contributed by atoms with E-state index in [0.29, 0.717) is 11.1 Å². The average molecular weight is 311 g/mol. The molecular formula is C17H14FN3O2. The van der Waals surface area contributed by atoms with Crippen molar-refractivity contribution in [1.82, 2.24) is 5.32 Å². The molecule has 2 rings (SSSR count). The zero-order chi connectivity index (χ0) is 16.8. The molecule has 0 saturated heterocycles. The maximum atomic E-state index is 12.9. The SMILES string of the molecule is N#Cc1cccc(C[C@H](NC(=O)c2ccc(F)cc2)C(N)=O)c1. The number of amides is 2. The molecule has 3 N–H and O–H groups in total. The van der Waals surface area contributed by atoms with E-state index in [0.717, 1.165) is 12.1 Å². The molecule has 2 aromatic carbocycles. The maximum Gasteiger partial charge on any atom is 0.251 e. The number of rotatable bonds is 5. The summed E-state index contributed by atoms with van der Waals surface area (Å²) in [6, 6.07) is 12.7. The minimum absolute atomic E-state index is 0.164. The van der Waals surface area contributed by atoms with Gasteiger partial charge in [0.1, 0.15) is 11.9 Å². The van der Waals surface area contributed by atoms with Crippen LogP contribution in [0, 0.1) is 17.1 Å². The molecule has 0 aromatic heterocycles. The van der Waals surface area contributed by atoms with Crippen molar-refractivity contribution < 1.29 is 14.0 Å². The molecule has 0 aliphatic heterocycles. The average Bonchev–Trinajstić information content (AvgIpc) is 2.54. The fourth-order valence-electron chi connectivity index (χ4n) is 2.07. The number of nitrogens with zero attached hydrogens (tertiary/aromatic N) is 1. The number of benzene rings is 2. The van der Waals surface area contributed by atoms with Crippen molar-refractivity contribution in [3.63, 3.8) is 0 Å². The largest absolute Gasteiger partial charge is 0.368 e. The highest BCUT2D eigenvalue weighted by atomic mass is 19.1. The smallest absolute Gasteiger partial charge is 0.251 e. The number of carbonyl (C=O) groups is 2. The van der Waals surface area contributed by atoms with Crippen molar-refractivity contribution in [3.05, 3.63) is 71.0 Å². The quantitative estimate of drug-likeness (QED) is 0.876. The molecule has 0 aliphatic carbocycles. The van der Waals surface area contributed by atoms with E-state index >= 15 is 0 Å². The van der Waals surface area contributed by atoms with Gasteiger partial charge in [-0.05, 0) is 42.0 Å². The van der Waals surface area contributed by atoms with E-state index in [4.69, 9.17) is 11.0 Å². The molecule has 2 amide bonds. The summed E-state index contributed by atoms with van der Waals surface area (Å²) in [7, 11) is 0. The molecule has 23 heavy (non-hydrogen) atoms. The van der Waals surface area contributed by atoms with Crippen LogP contribution in [0.1, 0.15) is 21.5 Å². The Balaban J connectivity index is 2.12. The van der Waals surface area contributed by atoms with Gasteiger partial charge in [-0.15, -0.1) is 0 Å². The third-order valence-corrected chi connectivity index (χ3v) is 3.25. The summed E-state index contributed by atoms with van der Waals surface area (Å²) in [5.41, 5.74) is 6.71. The Hall–Kier alpha value is -3.20. The van der Waals surface area contributed by atoms with E-state index in [2.05, 4.69) is 5.32 Å². The van der Waals surface area contributed by atoms with Crippen LogP contribution in [0.3, 0.4) is 0 Å². The van der Waals surface area contributed by atoms with Gasteiger partial charge in [0.2, 0.25) is 5.91 Å². The first kappa shape index (κ1) is 16.2. The summed E-state index contributed by atoms with van der Waals surface area (Å²) in [5.74, 6) is -1.67. The van der Waals surface area contributed by atoms with Crippen LogP contribution in [0.4, 0.5) is 4.39 Å². The van der Waals surface area contributed by atoms with Crippen molar-refractivity contribution in [2.24, 2.45) is 5.73 Å². The Morgan fingerprint density at radius 2 is 1.91 bits per heavy atom. The Labute approximate surface area is 132 Å². The number of halogens is 1. The molecule has 6 heteroatoms. The lowest BCUT2D eigenvalue weighted by Crippen LogP contribution is -2.45. The van der Waals surface area contributed by atoms with Crippen LogP contribution in [0.5, 0.6) is 0 Å². The normalized spacial score (nSPS) is 11.3. The standard InChI is InChI=1S/C17H14FN3O2/c18-14-6-4-13(5-7-14)17(23)21-15(16(20)22)9-11-2-1-3-12(8-11)10-19/h1-8,15H,9H2,(H2,20,22)(H,21,23)/t15-/m0/s1. The van der Waals surface area contributed by atoms with Gasteiger partial charge in [-0.1, -0.05) is 12.1 Å². The molecule has 0 bridgehead atoms. The second kappa shape index (κ2) is 7.18. The molecule has 0 saturated carbocycles. The molecule has 0 radical (unpaired) electrons. The van der Waals surface area contributed by atoms with Gasteiger partial charge in [0.05, 0.1) is 11.6 Å². The first-order chi connectivity index (χ1) is 11.0. The Kier molecular flexibility index (Phi) is 5.05. The van der Waals surface area contributed by atoms with Gasteiger partial charge in [0, 0.05) is 12.0 Å². The number of hydrogen-bond donors (Lipinski definition) is 2. The predicted molar refractivity (Wildman–Crippen MR) is 81.7 cm³/mol. The van der Waals surface area contributed by atoms with E-state index in [1.165, 1.54) is 12.1 Å². The second-order valence-electron chi connectivity index (χ2n) is 4.95. The zero-order valence-electron chi connectivity index (χ0n) is 12.1. The Morgan fingerprint density at radius 3 is 2.52 bits per heavy atom. The third-order valence-electron chi connectivity index (χ3n) is 3.25. The number of nitriles is 1. The van der Waals surface area contributed by atoms with Crippen LogP contribution in [0.2, 0.25) is 0 Å². The molecule has 2 aromatic rings. The number of primary amides is 1. The van der Waals surface area contributed by atoms with Gasteiger partial charge in [-0.3, -0.25) is 9.59 Å². The van der Waals surface area contributed by atoms with E-state index < -0.39 is 23.7 Å². The highest BCUT2D eigenvalue weighted by molar-refractivity contribution is 5.97. The highest BCUT2D eigenvalue weighted by Crippen LogP contribution is 2.08.